The molecule has 2 heterocycles. The second-order valence-electron chi connectivity index (χ2n) is 17.2. The third-order valence-corrected chi connectivity index (χ3v) is 11.7. The molecule has 12 atom stereocenters. The third kappa shape index (κ3) is 23.9. The molecule has 1 amide bonds. The van der Waals surface area contributed by atoms with Crippen LogP contribution in [0.3, 0.4) is 0 Å². The Hall–Kier alpha value is -2.31. The number of ether oxygens (including phenoxy) is 4. The number of hydrogen-bond donors (Lipinski definition) is 9. The molecule has 2 aliphatic heterocycles. The van der Waals surface area contributed by atoms with E-state index >= 15 is 0 Å². The summed E-state index contributed by atoms with van der Waals surface area (Å²) in [5.41, 5.74) is 0. The van der Waals surface area contributed by atoms with E-state index in [4.69, 9.17) is 18.9 Å². The summed E-state index contributed by atoms with van der Waals surface area (Å²) in [5, 5.41) is 86.6. The predicted molar refractivity (Wildman–Crippen MR) is 249 cm³/mol. The minimum atomic E-state index is -1.79. The average molecular weight is 910 g/mol. The van der Waals surface area contributed by atoms with Crippen LogP contribution in [0, 0.1) is 0 Å². The van der Waals surface area contributed by atoms with E-state index in [9.17, 15) is 45.6 Å². The van der Waals surface area contributed by atoms with Crippen molar-refractivity contribution < 1.29 is 64.6 Å². The van der Waals surface area contributed by atoms with E-state index < -0.39 is 86.8 Å². The smallest absolute Gasteiger partial charge is 0.220 e. The van der Waals surface area contributed by atoms with E-state index in [0.717, 1.165) is 70.6 Å². The van der Waals surface area contributed by atoms with E-state index in [1.54, 1.807) is 6.08 Å². The fourth-order valence-corrected chi connectivity index (χ4v) is 7.58. The largest absolute Gasteiger partial charge is 0.394 e. The first-order valence-corrected chi connectivity index (χ1v) is 24.5. The second kappa shape index (κ2) is 36.8. The monoisotopic (exact) mass is 910 g/mol. The van der Waals surface area contributed by atoms with Crippen molar-refractivity contribution in [3.05, 3.63) is 60.8 Å². The molecule has 14 nitrogen and oxygen atoms in total. The quantitative estimate of drug-likeness (QED) is 0.0265. The van der Waals surface area contributed by atoms with Crippen LogP contribution >= 0.6 is 0 Å². The first kappa shape index (κ1) is 57.8. The van der Waals surface area contributed by atoms with Crippen molar-refractivity contribution in [1.82, 2.24) is 5.32 Å². The lowest BCUT2D eigenvalue weighted by atomic mass is 9.97. The summed E-state index contributed by atoms with van der Waals surface area (Å²) in [6.45, 7) is 2.68. The van der Waals surface area contributed by atoms with Crippen LogP contribution in [-0.4, -0.2) is 140 Å². The highest BCUT2D eigenvalue weighted by molar-refractivity contribution is 5.76. The van der Waals surface area contributed by atoms with Crippen molar-refractivity contribution in [2.45, 2.75) is 229 Å². The molecule has 0 aliphatic carbocycles. The van der Waals surface area contributed by atoms with E-state index in [-0.39, 0.29) is 18.9 Å². The van der Waals surface area contributed by atoms with Crippen molar-refractivity contribution in [3.63, 3.8) is 0 Å². The Morgan fingerprint density at radius 1 is 0.562 bits per heavy atom. The zero-order valence-electron chi connectivity index (χ0n) is 39.0. The van der Waals surface area contributed by atoms with Gasteiger partial charge in [-0.25, -0.2) is 0 Å². The molecule has 0 aromatic heterocycles. The van der Waals surface area contributed by atoms with Crippen LogP contribution in [0.15, 0.2) is 60.8 Å². The Balaban J connectivity index is 1.91. The molecule has 2 fully saturated rings. The molecule has 370 valence electrons. The first-order valence-electron chi connectivity index (χ1n) is 24.5. The van der Waals surface area contributed by atoms with Gasteiger partial charge in [0.25, 0.3) is 0 Å². The molecule has 9 N–H and O–H groups in total. The van der Waals surface area contributed by atoms with Gasteiger partial charge in [0.05, 0.1) is 32.0 Å². The van der Waals surface area contributed by atoms with Crippen LogP contribution in [-0.2, 0) is 23.7 Å². The second-order valence-corrected chi connectivity index (χ2v) is 17.2. The number of rotatable bonds is 36. The first-order chi connectivity index (χ1) is 31.1. The number of aliphatic hydroxyl groups excluding tert-OH is 8. The average Bonchev–Trinajstić information content (AvgIpc) is 3.29. The van der Waals surface area contributed by atoms with Crippen molar-refractivity contribution in [2.24, 2.45) is 0 Å². The van der Waals surface area contributed by atoms with E-state index in [1.807, 2.05) is 6.08 Å². The molecule has 0 aromatic rings. The normalized spacial score (nSPS) is 27.8. The van der Waals surface area contributed by atoms with Gasteiger partial charge in [-0.1, -0.05) is 132 Å². The van der Waals surface area contributed by atoms with Gasteiger partial charge in [0.2, 0.25) is 5.91 Å². The summed E-state index contributed by atoms with van der Waals surface area (Å²) >= 11 is 0. The summed E-state index contributed by atoms with van der Waals surface area (Å²) in [7, 11) is 0. The minimum absolute atomic E-state index is 0.251. The molecule has 2 saturated heterocycles. The van der Waals surface area contributed by atoms with Crippen LogP contribution in [0.2, 0.25) is 0 Å². The molecule has 0 saturated carbocycles. The molecule has 2 aliphatic rings. The van der Waals surface area contributed by atoms with Crippen LogP contribution in [0.1, 0.15) is 155 Å². The molecular weight excluding hydrogens is 823 g/mol. The molecule has 14 heteroatoms. The Morgan fingerprint density at radius 3 is 1.66 bits per heavy atom. The molecule has 12 unspecified atom stereocenters. The van der Waals surface area contributed by atoms with Crippen LogP contribution in [0.4, 0.5) is 0 Å². The zero-order chi connectivity index (χ0) is 46.8. The maximum Gasteiger partial charge on any atom is 0.220 e. The number of nitrogens with one attached hydrogen (secondary N) is 1. The van der Waals surface area contributed by atoms with E-state index in [2.05, 4.69) is 67.8 Å². The molecule has 0 bridgehead atoms. The van der Waals surface area contributed by atoms with Gasteiger partial charge in [0.1, 0.15) is 48.8 Å². The van der Waals surface area contributed by atoms with Crippen LogP contribution < -0.4 is 5.32 Å². The summed E-state index contributed by atoms with van der Waals surface area (Å²) < 4.78 is 22.6. The molecule has 0 aromatic carbocycles. The Bertz CT molecular complexity index is 1310. The van der Waals surface area contributed by atoms with Crippen molar-refractivity contribution in [1.29, 1.82) is 0 Å². The lowest BCUT2D eigenvalue weighted by molar-refractivity contribution is -0.359. The molecule has 64 heavy (non-hydrogen) atoms. The van der Waals surface area contributed by atoms with Gasteiger partial charge >= 0.3 is 0 Å². The van der Waals surface area contributed by atoms with Gasteiger partial charge in [-0.15, -0.1) is 0 Å². The fraction of sp³-hybridized carbons (Fsp3) is 0.780. The topological polar surface area (TPSA) is 228 Å². The predicted octanol–water partition coefficient (Wildman–Crippen LogP) is 5.88. The fourth-order valence-electron chi connectivity index (χ4n) is 7.58. The summed E-state index contributed by atoms with van der Waals surface area (Å²) in [6.07, 6.45) is 26.9. The Kier molecular flexibility index (Phi) is 33.2. The number of unbranched alkanes of at least 4 members (excludes halogenated alkanes) is 15. The van der Waals surface area contributed by atoms with Gasteiger partial charge < -0.3 is 65.1 Å². The molecule has 0 spiro atoms. The number of aliphatic hydroxyl groups is 8. The highest BCUT2D eigenvalue weighted by Crippen LogP contribution is 2.30. The SMILES string of the molecule is CCCCC/C=C\C/C=C\CCCCCCCC(=O)NC(COC1OC(CO)C(OC2OC(CO)C(O)C(O)C2O)C(O)C1O)C(O)/C=C/CC/C=C/CC/C=C/CCCCCCC. The van der Waals surface area contributed by atoms with Crippen molar-refractivity contribution in [3.8, 4) is 0 Å². The number of carbonyl (C=O) groups excluding carboxylic acids is 1. The van der Waals surface area contributed by atoms with Crippen LogP contribution in [0.5, 0.6) is 0 Å². The van der Waals surface area contributed by atoms with Gasteiger partial charge in [-0.05, 0) is 77.0 Å². The lowest BCUT2D eigenvalue weighted by Crippen LogP contribution is -2.65. The lowest BCUT2D eigenvalue weighted by Gasteiger charge is -2.46. The molecular formula is C50H87NO13. The van der Waals surface area contributed by atoms with Gasteiger partial charge in [-0.3, -0.25) is 4.79 Å². The number of carbonyl (C=O) groups is 1. The van der Waals surface area contributed by atoms with E-state index in [0.29, 0.717) is 12.8 Å². The number of amides is 1. The zero-order valence-corrected chi connectivity index (χ0v) is 39.0. The van der Waals surface area contributed by atoms with Crippen LogP contribution in [0.25, 0.3) is 0 Å². The third-order valence-electron chi connectivity index (χ3n) is 11.7. The maximum atomic E-state index is 13.1. The summed E-state index contributed by atoms with van der Waals surface area (Å²) in [5.74, 6) is -0.272. The number of hydrogen-bond acceptors (Lipinski definition) is 13. The Labute approximate surface area is 384 Å². The maximum absolute atomic E-state index is 13.1. The Morgan fingerprint density at radius 2 is 1.05 bits per heavy atom. The highest BCUT2D eigenvalue weighted by atomic mass is 16.7. The summed E-state index contributed by atoms with van der Waals surface area (Å²) in [6, 6.07) is -0.945. The molecule has 0 radical (unpaired) electrons. The van der Waals surface area contributed by atoms with Crippen molar-refractivity contribution >= 4 is 5.91 Å². The number of allylic oxidation sites excluding steroid dienone is 9. The van der Waals surface area contributed by atoms with Crippen molar-refractivity contribution in [2.75, 3.05) is 19.8 Å². The minimum Gasteiger partial charge on any atom is -0.394 e. The van der Waals surface area contributed by atoms with Gasteiger partial charge in [-0.2, -0.15) is 0 Å². The standard InChI is InChI=1S/C50H87NO13/c1-3-5-7-9-11-13-15-17-19-21-23-25-27-29-31-33-39(54)38(51-42(55)34-32-30-28-26-24-22-20-18-16-14-12-10-8-6-4-2)37-61-49-47(60)45(58)48(41(36-53)63-49)64-50-46(59)44(57)43(56)40(35-52)62-50/h12,14-15,17-18,20,23,25,31,33,38-41,43-50,52-54,56-60H,3-11,13,16,19,21-22,24,26-30,32,34-37H2,1-2H3,(H,51,55)/b14-12-,17-15+,20-18-,25-23+,33-31+. The highest BCUT2D eigenvalue weighted by Gasteiger charge is 2.51. The molecule has 2 rings (SSSR count). The summed E-state index contributed by atoms with van der Waals surface area (Å²) in [4.78, 5) is 13.1. The van der Waals surface area contributed by atoms with Gasteiger partial charge in [0, 0.05) is 6.42 Å². The van der Waals surface area contributed by atoms with E-state index in [1.165, 1.54) is 51.4 Å². The van der Waals surface area contributed by atoms with Gasteiger partial charge in [0.15, 0.2) is 12.6 Å².